The van der Waals surface area contributed by atoms with Gasteiger partial charge in [-0.2, -0.15) is 0 Å². The summed E-state index contributed by atoms with van der Waals surface area (Å²) >= 11 is 0. The first kappa shape index (κ1) is 20.6. The van der Waals surface area contributed by atoms with Crippen LogP contribution in [-0.4, -0.2) is 47.3 Å². The molecule has 2 saturated heterocycles. The van der Waals surface area contributed by atoms with Gasteiger partial charge in [0.05, 0.1) is 24.5 Å². The third-order valence-corrected chi connectivity index (χ3v) is 6.19. The van der Waals surface area contributed by atoms with E-state index in [1.54, 1.807) is 11.1 Å². The minimum Gasteiger partial charge on any atom is -0.382 e. The average Bonchev–Trinajstić information content (AvgIpc) is 3.35. The molecule has 1 amide bonds. The topological polar surface area (TPSA) is 90.6 Å². The summed E-state index contributed by atoms with van der Waals surface area (Å²) in [6, 6.07) is 17.3. The fraction of sp³-hybridized carbons (Fsp3) is 0.320. The molecule has 7 nitrogen and oxygen atoms in total. The van der Waals surface area contributed by atoms with Crippen LogP contribution in [0.2, 0.25) is 0 Å². The third kappa shape index (κ3) is 4.09. The van der Waals surface area contributed by atoms with Crippen LogP contribution in [-0.2, 0) is 9.47 Å². The predicted octanol–water partition coefficient (Wildman–Crippen LogP) is 3.79. The number of nitrogens with zero attached hydrogens (tertiary/aromatic N) is 3. The maximum absolute atomic E-state index is 13.2. The second-order valence-electron chi connectivity index (χ2n) is 8.19. The highest BCUT2D eigenvalue weighted by molar-refractivity contribution is 5.95. The summed E-state index contributed by atoms with van der Waals surface area (Å²) in [5, 5.41) is 0. The summed E-state index contributed by atoms with van der Waals surface area (Å²) in [5.74, 6) is 0.663. The van der Waals surface area contributed by atoms with E-state index in [9.17, 15) is 4.79 Å². The van der Waals surface area contributed by atoms with Gasteiger partial charge in [-0.15, -0.1) is 0 Å². The smallest absolute Gasteiger partial charge is 0.256 e. The number of hydrogen-bond donors (Lipinski definition) is 1. The van der Waals surface area contributed by atoms with Gasteiger partial charge < -0.3 is 20.1 Å². The highest BCUT2D eigenvalue weighted by atomic mass is 16.5. The molecule has 0 saturated carbocycles. The molecule has 0 spiro atoms. The van der Waals surface area contributed by atoms with E-state index in [-0.39, 0.29) is 18.7 Å². The van der Waals surface area contributed by atoms with Crippen molar-refractivity contribution in [2.45, 2.75) is 24.8 Å². The number of rotatable bonds is 4. The van der Waals surface area contributed by atoms with Crippen molar-refractivity contribution >= 4 is 11.7 Å². The molecule has 2 aliphatic rings. The molecule has 164 valence electrons. The Kier molecular flexibility index (Phi) is 5.83. The van der Waals surface area contributed by atoms with Crippen LogP contribution in [0.4, 0.5) is 5.82 Å². The molecule has 2 N–H and O–H groups in total. The molecule has 32 heavy (non-hydrogen) atoms. The van der Waals surface area contributed by atoms with Gasteiger partial charge >= 0.3 is 0 Å². The Bertz CT molecular complexity index is 1080. The molecule has 0 aliphatic carbocycles. The molecule has 5 rings (SSSR count). The van der Waals surface area contributed by atoms with Crippen molar-refractivity contribution in [2.24, 2.45) is 0 Å². The minimum atomic E-state index is -0.0824. The van der Waals surface area contributed by atoms with Crippen LogP contribution in [0, 0.1) is 0 Å². The molecule has 7 heteroatoms. The van der Waals surface area contributed by atoms with Crippen LogP contribution in [0.3, 0.4) is 0 Å². The van der Waals surface area contributed by atoms with Crippen molar-refractivity contribution in [3.63, 3.8) is 0 Å². The van der Waals surface area contributed by atoms with E-state index in [2.05, 4.69) is 4.98 Å². The molecular weight excluding hydrogens is 404 g/mol. The predicted molar refractivity (Wildman–Crippen MR) is 121 cm³/mol. The minimum absolute atomic E-state index is 0.0575. The highest BCUT2D eigenvalue weighted by Crippen LogP contribution is 2.31. The lowest BCUT2D eigenvalue weighted by Gasteiger charge is -2.23. The maximum Gasteiger partial charge on any atom is 0.256 e. The molecule has 1 aromatic heterocycles. The van der Waals surface area contributed by atoms with Gasteiger partial charge in [-0.05, 0) is 30.5 Å². The summed E-state index contributed by atoms with van der Waals surface area (Å²) in [6.45, 7) is 2.27. The van der Waals surface area contributed by atoms with E-state index < -0.39 is 0 Å². The van der Waals surface area contributed by atoms with Crippen molar-refractivity contribution in [3.8, 4) is 11.3 Å². The maximum atomic E-state index is 13.2. The first-order valence-corrected chi connectivity index (χ1v) is 10.9. The standard InChI is InChI=1S/C25H26N4O3/c26-24-23(28-21(14-27-24)17-10-12-31-13-11-17)19-6-8-20(9-7-19)25(30)29-16-32-15-22(29)18-4-2-1-3-5-18/h1-9,14,17,22H,10-13,15-16H2,(H2,26,27)/t22-/m1/s1. The van der Waals surface area contributed by atoms with E-state index in [4.69, 9.17) is 20.2 Å². The van der Waals surface area contributed by atoms with Gasteiger partial charge in [0.1, 0.15) is 18.2 Å². The van der Waals surface area contributed by atoms with Crippen molar-refractivity contribution < 1.29 is 14.3 Å². The molecule has 2 aliphatic heterocycles. The summed E-state index contributed by atoms with van der Waals surface area (Å²) < 4.78 is 11.1. The Labute approximate surface area is 187 Å². The number of carbonyl (C=O) groups is 1. The zero-order valence-electron chi connectivity index (χ0n) is 17.8. The number of ether oxygens (including phenoxy) is 2. The van der Waals surface area contributed by atoms with Crippen molar-refractivity contribution in [3.05, 3.63) is 77.6 Å². The first-order valence-electron chi connectivity index (χ1n) is 10.9. The van der Waals surface area contributed by atoms with Crippen molar-refractivity contribution in [1.29, 1.82) is 0 Å². The number of nitrogens with two attached hydrogens (primary N) is 1. The molecule has 2 fully saturated rings. The zero-order chi connectivity index (χ0) is 21.9. The average molecular weight is 431 g/mol. The van der Waals surface area contributed by atoms with Crippen LogP contribution in [0.5, 0.6) is 0 Å². The lowest BCUT2D eigenvalue weighted by Crippen LogP contribution is -2.31. The Morgan fingerprint density at radius 3 is 2.50 bits per heavy atom. The van der Waals surface area contributed by atoms with Gasteiger partial charge in [-0.1, -0.05) is 42.5 Å². The zero-order valence-corrected chi connectivity index (χ0v) is 17.8. The second-order valence-corrected chi connectivity index (χ2v) is 8.19. The Morgan fingerprint density at radius 1 is 1.00 bits per heavy atom. The molecule has 1 atom stereocenters. The molecular formula is C25H26N4O3. The summed E-state index contributed by atoms with van der Waals surface area (Å²) in [5.41, 5.74) is 10.3. The second kappa shape index (κ2) is 9.06. The lowest BCUT2D eigenvalue weighted by atomic mass is 9.96. The number of hydrogen-bond acceptors (Lipinski definition) is 6. The molecule has 2 aromatic carbocycles. The first-order chi connectivity index (χ1) is 15.7. The number of anilines is 1. The van der Waals surface area contributed by atoms with E-state index in [1.165, 1.54) is 0 Å². The van der Waals surface area contributed by atoms with Crippen molar-refractivity contribution in [1.82, 2.24) is 14.9 Å². The van der Waals surface area contributed by atoms with E-state index in [0.717, 1.165) is 42.9 Å². The molecule has 3 heterocycles. The van der Waals surface area contributed by atoms with Gasteiger partial charge in [0.2, 0.25) is 0 Å². The van der Waals surface area contributed by atoms with Gasteiger partial charge in [0, 0.05) is 30.3 Å². The quantitative estimate of drug-likeness (QED) is 0.677. The summed E-state index contributed by atoms with van der Waals surface area (Å²) in [4.78, 5) is 24.1. The van der Waals surface area contributed by atoms with Crippen LogP contribution in [0.1, 0.15) is 46.4 Å². The van der Waals surface area contributed by atoms with E-state index >= 15 is 0 Å². The van der Waals surface area contributed by atoms with Crippen LogP contribution >= 0.6 is 0 Å². The SMILES string of the molecule is Nc1ncc(C2CCOCC2)nc1-c1ccc(C(=O)N2COC[C@@H]2c2ccccc2)cc1. The summed E-state index contributed by atoms with van der Waals surface area (Å²) in [7, 11) is 0. The molecule has 0 bridgehead atoms. The fourth-order valence-electron chi connectivity index (χ4n) is 4.35. The van der Waals surface area contributed by atoms with Gasteiger partial charge in [-0.25, -0.2) is 9.97 Å². The molecule has 0 unspecified atom stereocenters. The number of amides is 1. The largest absolute Gasteiger partial charge is 0.382 e. The fourth-order valence-corrected chi connectivity index (χ4v) is 4.35. The number of aromatic nitrogens is 2. The Morgan fingerprint density at radius 2 is 1.75 bits per heavy atom. The Balaban J connectivity index is 1.37. The Hall–Kier alpha value is -3.29. The van der Waals surface area contributed by atoms with Crippen molar-refractivity contribution in [2.75, 3.05) is 32.3 Å². The van der Waals surface area contributed by atoms with E-state index in [1.807, 2.05) is 54.6 Å². The molecule has 3 aromatic rings. The number of benzene rings is 2. The van der Waals surface area contributed by atoms with Gasteiger partial charge in [0.15, 0.2) is 0 Å². The van der Waals surface area contributed by atoms with Gasteiger partial charge in [-0.3, -0.25) is 4.79 Å². The lowest BCUT2D eigenvalue weighted by molar-refractivity contribution is 0.0659. The van der Waals surface area contributed by atoms with Crippen LogP contribution < -0.4 is 5.73 Å². The van der Waals surface area contributed by atoms with E-state index in [0.29, 0.717) is 29.6 Å². The number of nitrogen functional groups attached to an aromatic ring is 1. The highest BCUT2D eigenvalue weighted by Gasteiger charge is 2.31. The summed E-state index contributed by atoms with van der Waals surface area (Å²) in [6.07, 6.45) is 3.64. The van der Waals surface area contributed by atoms with Gasteiger partial charge in [0.25, 0.3) is 5.91 Å². The van der Waals surface area contributed by atoms with Crippen LogP contribution in [0.25, 0.3) is 11.3 Å². The number of carbonyl (C=O) groups excluding carboxylic acids is 1. The normalized spacial score (nSPS) is 19.2. The third-order valence-electron chi connectivity index (χ3n) is 6.19. The molecule has 0 radical (unpaired) electrons. The van der Waals surface area contributed by atoms with Crippen LogP contribution in [0.15, 0.2) is 60.8 Å². The monoisotopic (exact) mass is 430 g/mol.